The first-order valence-corrected chi connectivity index (χ1v) is 2.65. The molecule has 0 aliphatic carbocycles. The number of hydrogen-bond acceptors (Lipinski definition) is 4. The summed E-state index contributed by atoms with van der Waals surface area (Å²) in [6.45, 7) is 0. The van der Waals surface area contributed by atoms with Gasteiger partial charge in [-0.05, 0) is 0 Å². The summed E-state index contributed by atoms with van der Waals surface area (Å²) in [5.41, 5.74) is 0. The molecule has 0 spiro atoms. The molecule has 7 heteroatoms. The van der Waals surface area contributed by atoms with Gasteiger partial charge in [-0.25, -0.2) is 4.08 Å². The summed E-state index contributed by atoms with van der Waals surface area (Å²) in [6.07, 6.45) is 0. The van der Waals surface area contributed by atoms with Gasteiger partial charge in [0, 0.05) is 0 Å². The van der Waals surface area contributed by atoms with Gasteiger partial charge in [0.25, 0.3) is 0 Å². The molecule has 0 aliphatic heterocycles. The first kappa shape index (κ1) is 10.8. The van der Waals surface area contributed by atoms with E-state index >= 15 is 0 Å². The molecular formula is ClCuO4P. The van der Waals surface area contributed by atoms with Crippen molar-refractivity contribution < 1.29 is 35.5 Å². The van der Waals surface area contributed by atoms with E-state index in [0.29, 0.717) is 0 Å². The molecule has 0 saturated heterocycles. The molecule has 47 valence electrons. The summed E-state index contributed by atoms with van der Waals surface area (Å²) in [4.78, 5) is 18.2. The Bertz CT molecular complexity index is 75.8. The SMILES string of the molecule is O=P([O-])([O-])OCl.[Cu+2]. The second kappa shape index (κ2) is 3.87. The first-order valence-electron chi connectivity index (χ1n) is 0.885. The van der Waals surface area contributed by atoms with Crippen molar-refractivity contribution in [2.75, 3.05) is 0 Å². The van der Waals surface area contributed by atoms with Crippen LogP contribution >= 0.6 is 19.7 Å². The normalized spacial score (nSPS) is 10.1. The molecule has 0 heterocycles. The maximum atomic E-state index is 9.12. The summed E-state index contributed by atoms with van der Waals surface area (Å²) in [5.74, 6) is 0. The van der Waals surface area contributed by atoms with Crippen molar-refractivity contribution in [2.24, 2.45) is 0 Å². The van der Waals surface area contributed by atoms with E-state index < -0.39 is 7.82 Å². The molecule has 0 amide bonds. The summed E-state index contributed by atoms with van der Waals surface area (Å²) in [7, 11) is -4.88. The molecule has 0 rings (SSSR count). The molecule has 0 atom stereocenters. The van der Waals surface area contributed by atoms with Crippen LogP contribution in [-0.2, 0) is 25.7 Å². The number of phosphoric acid groups is 1. The minimum atomic E-state index is -4.88. The van der Waals surface area contributed by atoms with Crippen LogP contribution in [0.4, 0.5) is 0 Å². The van der Waals surface area contributed by atoms with Crippen LogP contribution in [0.3, 0.4) is 0 Å². The van der Waals surface area contributed by atoms with Crippen molar-refractivity contribution in [3.8, 4) is 0 Å². The Balaban J connectivity index is 0. The molecule has 0 aliphatic rings. The molecule has 1 radical (unpaired) electrons. The van der Waals surface area contributed by atoms with Crippen molar-refractivity contribution >= 4 is 19.7 Å². The van der Waals surface area contributed by atoms with Gasteiger partial charge in [-0.1, -0.05) is 0 Å². The van der Waals surface area contributed by atoms with E-state index in [-0.39, 0.29) is 17.1 Å². The molecule has 0 unspecified atom stereocenters. The minimum Gasteiger partial charge on any atom is -0.789 e. The molecule has 4 nitrogen and oxygen atoms in total. The molecule has 0 saturated carbocycles. The fourth-order valence-electron chi connectivity index (χ4n) is 0. The molecule has 0 aromatic heterocycles. The van der Waals surface area contributed by atoms with Crippen molar-refractivity contribution in [2.45, 2.75) is 0 Å². The molecule has 0 N–H and O–H groups in total. The second-order valence-electron chi connectivity index (χ2n) is 0.516. The maximum absolute atomic E-state index is 9.12. The van der Waals surface area contributed by atoms with E-state index in [1.807, 2.05) is 0 Å². The van der Waals surface area contributed by atoms with Crippen LogP contribution in [0, 0.1) is 0 Å². The fourth-order valence-corrected chi connectivity index (χ4v) is 0. The van der Waals surface area contributed by atoms with Crippen molar-refractivity contribution in [3.63, 3.8) is 0 Å². The Labute approximate surface area is 55.7 Å². The minimum absolute atomic E-state index is 0. The molecule has 0 aromatic rings. The second-order valence-corrected chi connectivity index (χ2v) is 1.96. The van der Waals surface area contributed by atoms with Crippen LogP contribution in [0.25, 0.3) is 0 Å². The average molecular weight is 194 g/mol. The predicted octanol–water partition coefficient (Wildman–Crippen LogP) is -1.02. The Morgan fingerprint density at radius 1 is 1.57 bits per heavy atom. The Hall–Kier alpha value is 0.919. The zero-order chi connectivity index (χ0) is 5.21. The smallest absolute Gasteiger partial charge is 0.789 e. The number of halogens is 1. The van der Waals surface area contributed by atoms with Gasteiger partial charge < -0.3 is 14.4 Å². The molecule has 7 heavy (non-hydrogen) atoms. The van der Waals surface area contributed by atoms with Gasteiger partial charge in [0.1, 0.15) is 0 Å². The van der Waals surface area contributed by atoms with Crippen molar-refractivity contribution in [1.29, 1.82) is 0 Å². The molecule has 0 bridgehead atoms. The average Bonchev–Trinajstić information content (AvgIpc) is 1.35. The third-order valence-electron chi connectivity index (χ3n) is 0.0845. The summed E-state index contributed by atoms with van der Waals surface area (Å²) in [6, 6.07) is 0. The maximum Gasteiger partial charge on any atom is 2.00 e. The van der Waals surface area contributed by atoms with Crippen LogP contribution in [0.5, 0.6) is 0 Å². The monoisotopic (exact) mass is 193 g/mol. The van der Waals surface area contributed by atoms with E-state index in [1.165, 1.54) is 0 Å². The first-order chi connectivity index (χ1) is 2.56. The third kappa shape index (κ3) is 10.9. The fraction of sp³-hybridized carbons (Fsp3) is 0. The number of hydrogen-bond donors (Lipinski definition) is 0. The zero-order valence-corrected chi connectivity index (χ0v) is 5.35. The number of rotatable bonds is 1. The van der Waals surface area contributed by atoms with Crippen molar-refractivity contribution in [1.82, 2.24) is 0 Å². The Morgan fingerprint density at radius 2 is 1.71 bits per heavy atom. The van der Waals surface area contributed by atoms with Crippen LogP contribution in [0.2, 0.25) is 0 Å². The summed E-state index contributed by atoms with van der Waals surface area (Å²) in [5, 5.41) is 0. The Morgan fingerprint density at radius 3 is 1.71 bits per heavy atom. The van der Waals surface area contributed by atoms with Gasteiger partial charge in [0.05, 0.1) is 19.7 Å². The summed E-state index contributed by atoms with van der Waals surface area (Å²) < 4.78 is 12.0. The predicted molar refractivity (Wildman–Crippen MR) is 14.5 cm³/mol. The largest absolute Gasteiger partial charge is 2.00 e. The van der Waals surface area contributed by atoms with Gasteiger partial charge in [-0.15, -0.1) is 0 Å². The van der Waals surface area contributed by atoms with Crippen LogP contribution < -0.4 is 9.79 Å². The molecule has 0 fully saturated rings. The Kier molecular flexibility index (Phi) is 5.98. The van der Waals surface area contributed by atoms with Gasteiger partial charge in [0.2, 0.25) is 0 Å². The van der Waals surface area contributed by atoms with E-state index in [0.717, 1.165) is 0 Å². The topological polar surface area (TPSA) is 72.4 Å². The molecule has 0 aromatic carbocycles. The third-order valence-corrected chi connectivity index (χ3v) is 0.761. The van der Waals surface area contributed by atoms with Crippen LogP contribution in [-0.4, -0.2) is 0 Å². The van der Waals surface area contributed by atoms with Crippen molar-refractivity contribution in [3.05, 3.63) is 0 Å². The van der Waals surface area contributed by atoms with Crippen LogP contribution in [0.1, 0.15) is 0 Å². The van der Waals surface area contributed by atoms with E-state index in [9.17, 15) is 0 Å². The summed E-state index contributed by atoms with van der Waals surface area (Å²) >= 11 is 4.09. The van der Waals surface area contributed by atoms with Gasteiger partial charge in [-0.3, -0.25) is 0 Å². The van der Waals surface area contributed by atoms with E-state index in [2.05, 4.69) is 15.9 Å². The molecular weight excluding hydrogens is 194 g/mol. The zero-order valence-electron chi connectivity index (χ0n) is 2.76. The standard InChI is InChI=1S/ClH2O4P.Cu/c1-5-6(2,3)4;/h(H2,2,3,4);/q;+2/p-2. The van der Waals surface area contributed by atoms with Gasteiger partial charge in [0.15, 0.2) is 0 Å². The van der Waals surface area contributed by atoms with Gasteiger partial charge in [-0.2, -0.15) is 0 Å². The van der Waals surface area contributed by atoms with E-state index in [4.69, 9.17) is 14.4 Å². The van der Waals surface area contributed by atoms with Gasteiger partial charge >= 0.3 is 17.1 Å². The van der Waals surface area contributed by atoms with E-state index in [1.54, 1.807) is 0 Å². The van der Waals surface area contributed by atoms with Crippen LogP contribution in [0.15, 0.2) is 0 Å². The quantitative estimate of drug-likeness (QED) is 0.395.